The molecule has 1 N–H and O–H groups in total. The second-order valence-corrected chi connectivity index (χ2v) is 6.82. The number of benzene rings is 2. The molecular weight excluding hydrogens is 352 g/mol. The number of rotatable bonds is 6. The standard InChI is InChI=1S/C20H23ClN2O3/c1-25-18-9-15(10-19(11-18)26-2)20(24)22-12-14-7-8-23(13-14)17-5-3-16(21)4-6-17/h3-6,9-11,14H,7-8,12-13H2,1-2H3,(H,22,24). The van der Waals surface area contributed by atoms with Crippen LogP contribution in [-0.4, -0.2) is 39.8 Å². The fourth-order valence-corrected chi connectivity index (χ4v) is 3.29. The summed E-state index contributed by atoms with van der Waals surface area (Å²) >= 11 is 5.95. The van der Waals surface area contributed by atoms with Crippen molar-refractivity contribution in [2.24, 2.45) is 5.92 Å². The summed E-state index contributed by atoms with van der Waals surface area (Å²) in [7, 11) is 3.14. The van der Waals surface area contributed by atoms with Gasteiger partial charge in [-0.15, -0.1) is 0 Å². The summed E-state index contributed by atoms with van der Waals surface area (Å²) in [6.45, 7) is 2.54. The third-order valence-corrected chi connectivity index (χ3v) is 4.89. The zero-order valence-corrected chi connectivity index (χ0v) is 15.8. The molecule has 1 fully saturated rings. The second-order valence-electron chi connectivity index (χ2n) is 6.39. The van der Waals surface area contributed by atoms with Crippen LogP contribution in [0.2, 0.25) is 5.02 Å². The Kier molecular flexibility index (Phi) is 5.89. The molecule has 6 heteroatoms. The predicted octanol–water partition coefficient (Wildman–Crippen LogP) is 3.61. The maximum atomic E-state index is 12.5. The maximum absolute atomic E-state index is 12.5. The highest BCUT2D eigenvalue weighted by molar-refractivity contribution is 6.30. The molecule has 1 unspecified atom stereocenters. The van der Waals surface area contributed by atoms with E-state index in [9.17, 15) is 4.79 Å². The van der Waals surface area contributed by atoms with Gasteiger partial charge in [0, 0.05) is 42.0 Å². The van der Waals surface area contributed by atoms with Gasteiger partial charge in [0.25, 0.3) is 5.91 Å². The summed E-state index contributed by atoms with van der Waals surface area (Å²) in [6, 6.07) is 13.1. The average molecular weight is 375 g/mol. The van der Waals surface area contributed by atoms with E-state index in [-0.39, 0.29) is 5.91 Å². The molecule has 0 bridgehead atoms. The number of nitrogens with zero attached hydrogens (tertiary/aromatic N) is 1. The second kappa shape index (κ2) is 8.32. The summed E-state index contributed by atoms with van der Waals surface area (Å²) < 4.78 is 10.4. The molecule has 2 aromatic carbocycles. The first-order valence-electron chi connectivity index (χ1n) is 8.61. The number of hydrogen-bond donors (Lipinski definition) is 1. The van der Waals surface area contributed by atoms with Gasteiger partial charge in [0.1, 0.15) is 11.5 Å². The highest BCUT2D eigenvalue weighted by Gasteiger charge is 2.23. The van der Waals surface area contributed by atoms with E-state index in [0.717, 1.165) is 24.5 Å². The van der Waals surface area contributed by atoms with E-state index in [1.54, 1.807) is 32.4 Å². The average Bonchev–Trinajstić information content (AvgIpc) is 3.15. The van der Waals surface area contributed by atoms with Crippen molar-refractivity contribution in [3.8, 4) is 11.5 Å². The van der Waals surface area contributed by atoms with Crippen molar-refractivity contribution >= 4 is 23.2 Å². The summed E-state index contributed by atoms with van der Waals surface area (Å²) in [5, 5.41) is 3.77. The lowest BCUT2D eigenvalue weighted by molar-refractivity contribution is 0.0947. The first-order valence-corrected chi connectivity index (χ1v) is 8.98. The molecule has 3 rings (SSSR count). The molecule has 26 heavy (non-hydrogen) atoms. The van der Waals surface area contributed by atoms with Crippen molar-refractivity contribution in [3.63, 3.8) is 0 Å². The molecule has 0 aliphatic carbocycles. The summed E-state index contributed by atoms with van der Waals surface area (Å²) in [5.41, 5.74) is 1.70. The first kappa shape index (κ1) is 18.4. The van der Waals surface area contributed by atoms with Gasteiger partial charge >= 0.3 is 0 Å². The molecule has 0 saturated carbocycles. The highest BCUT2D eigenvalue weighted by atomic mass is 35.5. The molecule has 0 aromatic heterocycles. The first-order chi connectivity index (χ1) is 12.6. The van der Waals surface area contributed by atoms with Crippen molar-refractivity contribution < 1.29 is 14.3 Å². The van der Waals surface area contributed by atoms with Gasteiger partial charge in [-0.3, -0.25) is 4.79 Å². The molecule has 1 heterocycles. The SMILES string of the molecule is COc1cc(OC)cc(C(=O)NCC2CCN(c3ccc(Cl)cc3)C2)c1. The molecule has 138 valence electrons. The van der Waals surface area contributed by atoms with Gasteiger partial charge in [-0.1, -0.05) is 11.6 Å². The minimum atomic E-state index is -0.118. The van der Waals surface area contributed by atoms with E-state index >= 15 is 0 Å². The fourth-order valence-electron chi connectivity index (χ4n) is 3.16. The molecule has 1 amide bonds. The monoisotopic (exact) mass is 374 g/mol. The van der Waals surface area contributed by atoms with Crippen LogP contribution in [0.5, 0.6) is 11.5 Å². The number of amides is 1. The van der Waals surface area contributed by atoms with Crippen LogP contribution < -0.4 is 19.7 Å². The van der Waals surface area contributed by atoms with Crippen molar-refractivity contribution in [1.29, 1.82) is 0 Å². The lowest BCUT2D eigenvalue weighted by atomic mass is 10.1. The summed E-state index contributed by atoms with van der Waals surface area (Å²) in [4.78, 5) is 14.8. The number of halogens is 1. The molecule has 0 radical (unpaired) electrons. The summed E-state index contributed by atoms with van der Waals surface area (Å²) in [5.74, 6) is 1.50. The molecule has 1 aliphatic heterocycles. The smallest absolute Gasteiger partial charge is 0.251 e. The largest absolute Gasteiger partial charge is 0.497 e. The van der Waals surface area contributed by atoms with E-state index in [0.29, 0.717) is 29.5 Å². The lowest BCUT2D eigenvalue weighted by Gasteiger charge is -2.19. The van der Waals surface area contributed by atoms with Gasteiger partial charge in [-0.05, 0) is 48.7 Å². The Bertz CT molecular complexity index is 742. The maximum Gasteiger partial charge on any atom is 0.251 e. The van der Waals surface area contributed by atoms with E-state index in [1.165, 1.54) is 5.69 Å². The Morgan fingerprint density at radius 3 is 2.42 bits per heavy atom. The molecule has 1 aliphatic rings. The molecule has 2 aromatic rings. The van der Waals surface area contributed by atoms with Gasteiger partial charge in [0.05, 0.1) is 14.2 Å². The van der Waals surface area contributed by atoms with Gasteiger partial charge in [-0.2, -0.15) is 0 Å². The van der Waals surface area contributed by atoms with E-state index in [2.05, 4.69) is 10.2 Å². The summed E-state index contributed by atoms with van der Waals surface area (Å²) in [6.07, 6.45) is 1.05. The van der Waals surface area contributed by atoms with Gasteiger partial charge in [-0.25, -0.2) is 0 Å². The Labute approximate surface area is 158 Å². The van der Waals surface area contributed by atoms with Gasteiger partial charge in [0.15, 0.2) is 0 Å². The number of hydrogen-bond acceptors (Lipinski definition) is 4. The van der Waals surface area contributed by atoms with Gasteiger partial charge < -0.3 is 19.7 Å². The van der Waals surface area contributed by atoms with Crippen molar-refractivity contribution in [2.45, 2.75) is 6.42 Å². The van der Waals surface area contributed by atoms with Crippen LogP contribution in [0.1, 0.15) is 16.8 Å². The topological polar surface area (TPSA) is 50.8 Å². The zero-order chi connectivity index (χ0) is 18.5. The van der Waals surface area contributed by atoms with Crippen LogP contribution in [-0.2, 0) is 0 Å². The number of nitrogens with one attached hydrogen (secondary N) is 1. The van der Waals surface area contributed by atoms with Crippen LogP contribution in [0, 0.1) is 5.92 Å². The zero-order valence-electron chi connectivity index (χ0n) is 15.0. The van der Waals surface area contributed by atoms with Crippen LogP contribution in [0.4, 0.5) is 5.69 Å². The minimum Gasteiger partial charge on any atom is -0.497 e. The van der Waals surface area contributed by atoms with Crippen molar-refractivity contribution in [3.05, 3.63) is 53.1 Å². The molecule has 0 spiro atoms. The van der Waals surface area contributed by atoms with Crippen LogP contribution in [0.3, 0.4) is 0 Å². The van der Waals surface area contributed by atoms with E-state index in [1.807, 2.05) is 24.3 Å². The van der Waals surface area contributed by atoms with Gasteiger partial charge in [0.2, 0.25) is 0 Å². The fraction of sp³-hybridized carbons (Fsp3) is 0.350. The quantitative estimate of drug-likeness (QED) is 0.839. The molecular formula is C20H23ClN2O3. The lowest BCUT2D eigenvalue weighted by Crippen LogP contribution is -2.31. The molecule has 1 atom stereocenters. The number of anilines is 1. The van der Waals surface area contributed by atoms with Crippen LogP contribution in [0.25, 0.3) is 0 Å². The predicted molar refractivity (Wildman–Crippen MR) is 104 cm³/mol. The number of carbonyl (C=O) groups excluding carboxylic acids is 1. The number of carbonyl (C=O) groups is 1. The van der Waals surface area contributed by atoms with Crippen LogP contribution in [0.15, 0.2) is 42.5 Å². The molecule has 5 nitrogen and oxygen atoms in total. The Hall–Kier alpha value is -2.40. The normalized spacial score (nSPS) is 16.4. The third-order valence-electron chi connectivity index (χ3n) is 4.64. The van der Waals surface area contributed by atoms with E-state index < -0.39 is 0 Å². The number of ether oxygens (including phenoxy) is 2. The van der Waals surface area contributed by atoms with Crippen molar-refractivity contribution in [1.82, 2.24) is 5.32 Å². The third kappa shape index (κ3) is 4.41. The Morgan fingerprint density at radius 2 is 1.81 bits per heavy atom. The Morgan fingerprint density at radius 1 is 1.15 bits per heavy atom. The highest BCUT2D eigenvalue weighted by Crippen LogP contribution is 2.25. The minimum absolute atomic E-state index is 0.118. The molecule has 1 saturated heterocycles. The van der Waals surface area contributed by atoms with E-state index in [4.69, 9.17) is 21.1 Å². The van der Waals surface area contributed by atoms with Crippen LogP contribution >= 0.6 is 11.6 Å². The Balaban J connectivity index is 1.56. The van der Waals surface area contributed by atoms with Crippen molar-refractivity contribution in [2.75, 3.05) is 38.8 Å². The number of methoxy groups -OCH3 is 2.